The fourth-order valence-corrected chi connectivity index (χ4v) is 9.70. The molecule has 0 fully saturated rings. The molecule has 0 saturated heterocycles. The van der Waals surface area contributed by atoms with Crippen molar-refractivity contribution in [2.24, 2.45) is 0 Å². The quantitative estimate of drug-likeness (QED) is 0.103. The fourth-order valence-electron chi connectivity index (χ4n) is 7.09. The first kappa shape index (κ1) is 34.5. The van der Waals surface area contributed by atoms with Gasteiger partial charge in [0.15, 0.2) is 11.6 Å². The van der Waals surface area contributed by atoms with E-state index in [-0.39, 0.29) is 15.9 Å². The molecule has 8 heteroatoms. The number of nitrogens with zero attached hydrogens (tertiary/aromatic N) is 2. The molecule has 0 spiro atoms. The van der Waals surface area contributed by atoms with Gasteiger partial charge in [-0.15, -0.1) is 11.3 Å². The van der Waals surface area contributed by atoms with Gasteiger partial charge in [-0.25, -0.2) is 4.39 Å². The first-order chi connectivity index (χ1) is 25.6. The fraction of sp³-hybridized carbons (Fsp3) is 0.0667. The van der Waals surface area contributed by atoms with Crippen LogP contribution in [0.25, 0.3) is 74.2 Å². The third kappa shape index (κ3) is 6.21. The van der Waals surface area contributed by atoms with Gasteiger partial charge in [0.2, 0.25) is 5.52 Å². The van der Waals surface area contributed by atoms with Crippen molar-refractivity contribution < 1.29 is 23.0 Å². The zero-order valence-electron chi connectivity index (χ0n) is 28.9. The summed E-state index contributed by atoms with van der Waals surface area (Å²) in [7, 11) is 7.87. The molecular weight excluding hydrogens is 693 g/mol. The van der Waals surface area contributed by atoms with E-state index in [1.807, 2.05) is 65.2 Å². The van der Waals surface area contributed by atoms with Crippen LogP contribution >= 0.6 is 22.7 Å². The topological polar surface area (TPSA) is 26.2 Å². The minimum Gasteiger partial charge on any atom is -0.666 e. The van der Waals surface area contributed by atoms with Gasteiger partial charge in [0.25, 0.3) is 5.01 Å². The Balaban J connectivity index is 0.000000150. The van der Waals surface area contributed by atoms with Crippen LogP contribution in [0.1, 0.15) is 6.42 Å². The number of rotatable bonds is 3. The van der Waals surface area contributed by atoms with E-state index >= 15 is 0 Å². The van der Waals surface area contributed by atoms with Crippen molar-refractivity contribution in [1.82, 2.24) is 0 Å². The van der Waals surface area contributed by atoms with E-state index in [1.54, 1.807) is 34.8 Å². The number of aromatic nitrogens is 2. The van der Waals surface area contributed by atoms with Crippen LogP contribution in [0.2, 0.25) is 0 Å². The molecular formula is C45H33BeFN2O2S2+2. The molecule has 9 aromatic rings. The predicted octanol–water partition coefficient (Wildman–Crippen LogP) is 11.0. The van der Waals surface area contributed by atoms with E-state index in [1.165, 1.54) is 41.8 Å². The summed E-state index contributed by atoms with van der Waals surface area (Å²) < 4.78 is 31.6. The van der Waals surface area contributed by atoms with Crippen LogP contribution in [0.4, 0.5) is 4.39 Å². The molecule has 0 amide bonds. The summed E-state index contributed by atoms with van der Waals surface area (Å²) in [4.78, 5) is 0. The van der Waals surface area contributed by atoms with Crippen LogP contribution in [0, 0.1) is 20.0 Å². The molecule has 10 rings (SSSR count). The summed E-state index contributed by atoms with van der Waals surface area (Å²) in [6, 6.07) is 46.7. The molecule has 0 saturated carbocycles. The Morgan fingerprint density at radius 1 is 0.642 bits per heavy atom. The van der Waals surface area contributed by atoms with E-state index in [0.717, 1.165) is 63.5 Å². The second kappa shape index (κ2) is 14.4. The summed E-state index contributed by atoms with van der Waals surface area (Å²) >= 11 is 3.49. The van der Waals surface area contributed by atoms with Gasteiger partial charge in [-0.2, -0.15) is 11.7 Å². The number of benzene rings is 7. The van der Waals surface area contributed by atoms with Crippen LogP contribution in [-0.2, 0) is 6.54 Å². The van der Waals surface area contributed by atoms with Gasteiger partial charge < -0.3 is 14.0 Å². The normalized spacial score (nSPS) is 12.2. The molecule has 53 heavy (non-hydrogen) atoms. The van der Waals surface area contributed by atoms with Crippen LogP contribution in [0.15, 0.2) is 140 Å². The maximum atomic E-state index is 13.5. The zero-order valence-corrected chi connectivity index (χ0v) is 30.6. The van der Waals surface area contributed by atoms with Crippen molar-refractivity contribution in [2.45, 2.75) is 13.0 Å². The average Bonchev–Trinajstić information content (AvgIpc) is 3.72. The molecule has 0 N–H and O–H groups in total. The largest absolute Gasteiger partial charge is 2.00 e. The number of thiazole rings is 2. The Bertz CT molecular complexity index is 2780. The predicted molar refractivity (Wildman–Crippen MR) is 218 cm³/mol. The molecule has 0 aliphatic carbocycles. The van der Waals surface area contributed by atoms with Crippen molar-refractivity contribution in [3.8, 4) is 43.8 Å². The van der Waals surface area contributed by atoms with Crippen molar-refractivity contribution >= 4 is 74.8 Å². The summed E-state index contributed by atoms with van der Waals surface area (Å²) in [5, 5.41) is 6.77. The SMILES string of the molecule is Fc1ccc2c(ccc3c2sc2[n+]3CCCOc3ccccc3-2)c1.[Be+2].[CH2-]Oc1ccccc1-c1sc2c3ccc(-c4ccccc4)cc3ccc2[n+]1[CH2-]. The van der Waals surface area contributed by atoms with E-state index < -0.39 is 0 Å². The van der Waals surface area contributed by atoms with Crippen molar-refractivity contribution in [3.05, 3.63) is 160 Å². The van der Waals surface area contributed by atoms with Crippen molar-refractivity contribution in [1.29, 1.82) is 0 Å². The van der Waals surface area contributed by atoms with Crippen LogP contribution < -0.4 is 18.6 Å². The second-order valence-electron chi connectivity index (χ2n) is 12.7. The number of ether oxygens (including phenoxy) is 2. The molecule has 7 aromatic carbocycles. The van der Waals surface area contributed by atoms with E-state index in [0.29, 0.717) is 0 Å². The maximum Gasteiger partial charge on any atom is 2.00 e. The molecule has 2 aromatic heterocycles. The standard InChI is InChI=1S/C25H18NOS.C20H15FNOS.Be/c1-26-22-15-13-19-16-18(17-8-4-3-5-9-17)12-14-20(19)24(22)28-25(26)21-10-6-7-11-23(21)27-2;21-14-7-8-15-13(12-14)6-9-17-19(15)24-20-16-4-1-2-5-18(16)23-11-3-10-22(17)20;/h3-16H,1-2H2;1-2,4-9,12H,3,10-11H2;/q-1;+1;+2. The van der Waals surface area contributed by atoms with Gasteiger partial charge in [-0.3, -0.25) is 0 Å². The molecule has 1 aliphatic heterocycles. The van der Waals surface area contributed by atoms with Gasteiger partial charge in [0.05, 0.1) is 17.9 Å². The number of aryl methyl sites for hydroxylation is 1. The van der Waals surface area contributed by atoms with E-state index in [2.05, 4.69) is 85.5 Å². The number of para-hydroxylation sites is 2. The van der Waals surface area contributed by atoms with Crippen LogP contribution in [0.3, 0.4) is 0 Å². The maximum absolute atomic E-state index is 13.5. The average molecular weight is 726 g/mol. The Hall–Kier alpha value is -5.59. The summed E-state index contributed by atoms with van der Waals surface area (Å²) in [6.07, 6.45) is 0.972. The van der Waals surface area contributed by atoms with Gasteiger partial charge in [0.1, 0.15) is 21.8 Å². The Kier molecular flexibility index (Phi) is 9.40. The smallest absolute Gasteiger partial charge is 0.666 e. The van der Waals surface area contributed by atoms with Crippen LogP contribution in [-0.4, -0.2) is 16.7 Å². The summed E-state index contributed by atoms with van der Waals surface area (Å²) in [5.74, 6) is 1.50. The van der Waals surface area contributed by atoms with Gasteiger partial charge in [-0.1, -0.05) is 90.2 Å². The third-order valence-electron chi connectivity index (χ3n) is 9.61. The first-order valence-corrected chi connectivity index (χ1v) is 18.8. The van der Waals surface area contributed by atoms with Gasteiger partial charge in [-0.05, 0) is 81.9 Å². The third-order valence-corrected chi connectivity index (χ3v) is 12.1. The Morgan fingerprint density at radius 2 is 1.30 bits per heavy atom. The second-order valence-corrected chi connectivity index (χ2v) is 14.7. The molecule has 1 aliphatic rings. The molecule has 0 atom stereocenters. The van der Waals surface area contributed by atoms with E-state index in [9.17, 15) is 4.39 Å². The minimum absolute atomic E-state index is 0. The molecule has 4 nitrogen and oxygen atoms in total. The molecule has 0 unspecified atom stereocenters. The summed E-state index contributed by atoms with van der Waals surface area (Å²) in [5.41, 5.74) is 6.91. The number of hydrogen-bond acceptors (Lipinski definition) is 4. The zero-order chi connectivity index (χ0) is 35.2. The monoisotopic (exact) mass is 725 g/mol. The molecule has 254 valence electrons. The molecule has 3 heterocycles. The van der Waals surface area contributed by atoms with Crippen molar-refractivity contribution in [3.63, 3.8) is 0 Å². The number of hydrogen-bond donors (Lipinski definition) is 0. The minimum atomic E-state index is -0.192. The number of halogens is 1. The molecule has 0 bridgehead atoms. The first-order valence-electron chi connectivity index (χ1n) is 17.1. The number of fused-ring (bicyclic) bond motifs is 10. The van der Waals surface area contributed by atoms with Crippen LogP contribution in [0.5, 0.6) is 11.5 Å². The van der Waals surface area contributed by atoms with Gasteiger partial charge >= 0.3 is 10.1 Å². The van der Waals surface area contributed by atoms with Gasteiger partial charge in [0, 0.05) is 35.2 Å². The Morgan fingerprint density at radius 3 is 2.11 bits per heavy atom. The van der Waals surface area contributed by atoms with Crippen molar-refractivity contribution in [2.75, 3.05) is 6.61 Å². The Labute approximate surface area is 319 Å². The van der Waals surface area contributed by atoms with E-state index in [4.69, 9.17) is 9.47 Å². The summed E-state index contributed by atoms with van der Waals surface area (Å²) in [6.45, 7) is 1.65. The molecule has 0 radical (unpaired) electrons.